The Morgan fingerprint density at radius 2 is 2.21 bits per heavy atom. The van der Waals surface area contributed by atoms with Crippen LogP contribution >= 0.6 is 0 Å². The predicted octanol–water partition coefficient (Wildman–Crippen LogP) is 2.15. The molecule has 1 fully saturated rings. The Kier molecular flexibility index (Phi) is 4.56. The lowest BCUT2D eigenvalue weighted by Crippen LogP contribution is -2.51. The van der Waals surface area contributed by atoms with Crippen molar-refractivity contribution in [2.24, 2.45) is 0 Å². The van der Waals surface area contributed by atoms with Crippen LogP contribution in [-0.2, 0) is 15.1 Å². The van der Waals surface area contributed by atoms with E-state index in [1.165, 1.54) is 0 Å². The van der Waals surface area contributed by atoms with Crippen LogP contribution in [0.2, 0.25) is 0 Å². The van der Waals surface area contributed by atoms with Gasteiger partial charge < -0.3 is 9.84 Å². The van der Waals surface area contributed by atoms with Gasteiger partial charge in [0, 0.05) is 13.2 Å². The first kappa shape index (κ1) is 14.0. The first-order valence-electron chi connectivity index (χ1n) is 6.84. The van der Waals surface area contributed by atoms with Gasteiger partial charge in [-0.2, -0.15) is 0 Å². The van der Waals surface area contributed by atoms with Crippen molar-refractivity contribution in [3.8, 4) is 0 Å². The topological polar surface area (TPSA) is 58.6 Å². The average Bonchev–Trinajstić information content (AvgIpc) is 2.94. The first-order chi connectivity index (χ1) is 9.19. The largest absolute Gasteiger partial charge is 0.480 e. The molecule has 0 saturated carbocycles. The van der Waals surface area contributed by atoms with Crippen molar-refractivity contribution >= 4 is 5.97 Å². The third-order valence-corrected chi connectivity index (χ3v) is 3.82. The minimum atomic E-state index is -1.02. The number of rotatable bonds is 6. The fraction of sp³-hybridized carbons (Fsp3) is 0.533. The average molecular weight is 263 g/mol. The highest BCUT2D eigenvalue weighted by atomic mass is 16.5. The molecule has 0 amide bonds. The lowest BCUT2D eigenvalue weighted by molar-refractivity contribution is -0.145. The molecule has 0 aromatic heterocycles. The number of carbonyl (C=O) groups is 1. The summed E-state index contributed by atoms with van der Waals surface area (Å²) in [6.45, 7) is 3.25. The molecule has 2 unspecified atom stereocenters. The van der Waals surface area contributed by atoms with Crippen LogP contribution in [0.15, 0.2) is 30.3 Å². The molecule has 0 radical (unpaired) electrons. The van der Waals surface area contributed by atoms with Crippen LogP contribution in [0.5, 0.6) is 0 Å². The third kappa shape index (κ3) is 2.96. The molecule has 104 valence electrons. The monoisotopic (exact) mass is 263 g/mol. The molecule has 1 heterocycles. The first-order valence-corrected chi connectivity index (χ1v) is 6.84. The van der Waals surface area contributed by atoms with Gasteiger partial charge in [-0.05, 0) is 24.8 Å². The standard InChI is InChI=1S/C15H21NO3/c1-2-15(14(17)18,12-7-4-3-5-8-12)16-11-13-9-6-10-19-13/h3-5,7-8,13,16H,2,6,9-11H2,1H3,(H,17,18). The van der Waals surface area contributed by atoms with E-state index in [4.69, 9.17) is 4.74 Å². The Hall–Kier alpha value is -1.39. The molecular formula is C15H21NO3. The highest BCUT2D eigenvalue weighted by molar-refractivity contribution is 5.80. The molecular weight excluding hydrogens is 242 g/mol. The summed E-state index contributed by atoms with van der Waals surface area (Å²) in [5.74, 6) is -0.834. The molecule has 2 rings (SSSR count). The maximum Gasteiger partial charge on any atom is 0.328 e. The molecule has 1 aromatic rings. The van der Waals surface area contributed by atoms with Crippen LogP contribution in [-0.4, -0.2) is 30.3 Å². The highest BCUT2D eigenvalue weighted by Gasteiger charge is 2.38. The summed E-state index contributed by atoms with van der Waals surface area (Å²) < 4.78 is 5.55. The van der Waals surface area contributed by atoms with Gasteiger partial charge in [0.2, 0.25) is 0 Å². The number of carboxylic acid groups (broad SMARTS) is 1. The number of hydrogen-bond acceptors (Lipinski definition) is 3. The van der Waals surface area contributed by atoms with Gasteiger partial charge in [0.1, 0.15) is 5.54 Å². The highest BCUT2D eigenvalue weighted by Crippen LogP contribution is 2.26. The zero-order chi connectivity index (χ0) is 13.7. The molecule has 2 atom stereocenters. The van der Waals surface area contributed by atoms with Gasteiger partial charge in [0.25, 0.3) is 0 Å². The van der Waals surface area contributed by atoms with Gasteiger partial charge >= 0.3 is 5.97 Å². The molecule has 19 heavy (non-hydrogen) atoms. The third-order valence-electron chi connectivity index (χ3n) is 3.82. The van der Waals surface area contributed by atoms with Crippen LogP contribution in [0.25, 0.3) is 0 Å². The van der Waals surface area contributed by atoms with Crippen molar-refractivity contribution in [1.82, 2.24) is 5.32 Å². The predicted molar refractivity (Wildman–Crippen MR) is 73.0 cm³/mol. The van der Waals surface area contributed by atoms with E-state index in [-0.39, 0.29) is 6.10 Å². The summed E-state index contributed by atoms with van der Waals surface area (Å²) in [6, 6.07) is 9.36. The van der Waals surface area contributed by atoms with E-state index in [1.807, 2.05) is 37.3 Å². The van der Waals surface area contributed by atoms with Gasteiger partial charge in [0.15, 0.2) is 0 Å². The zero-order valence-corrected chi connectivity index (χ0v) is 11.3. The number of hydrogen-bond donors (Lipinski definition) is 2. The van der Waals surface area contributed by atoms with Crippen molar-refractivity contribution < 1.29 is 14.6 Å². The minimum absolute atomic E-state index is 0.133. The smallest absolute Gasteiger partial charge is 0.328 e. The van der Waals surface area contributed by atoms with Gasteiger partial charge in [-0.15, -0.1) is 0 Å². The van der Waals surface area contributed by atoms with Gasteiger partial charge in [-0.3, -0.25) is 5.32 Å². The van der Waals surface area contributed by atoms with Crippen molar-refractivity contribution in [3.05, 3.63) is 35.9 Å². The second-order valence-corrected chi connectivity index (χ2v) is 4.95. The maximum atomic E-state index is 11.8. The van der Waals surface area contributed by atoms with Crippen molar-refractivity contribution in [3.63, 3.8) is 0 Å². The molecule has 1 aromatic carbocycles. The zero-order valence-electron chi connectivity index (χ0n) is 11.3. The molecule has 4 heteroatoms. The second kappa shape index (κ2) is 6.17. The van der Waals surface area contributed by atoms with Crippen molar-refractivity contribution in [2.45, 2.75) is 37.8 Å². The minimum Gasteiger partial charge on any atom is -0.480 e. The van der Waals surface area contributed by atoms with Gasteiger partial charge in [-0.25, -0.2) is 4.79 Å². The van der Waals surface area contributed by atoms with Crippen molar-refractivity contribution in [2.75, 3.05) is 13.2 Å². The number of carboxylic acids is 1. The Labute approximate surface area is 113 Å². The Morgan fingerprint density at radius 1 is 1.47 bits per heavy atom. The number of ether oxygens (including phenoxy) is 1. The lowest BCUT2D eigenvalue weighted by Gasteiger charge is -2.31. The van der Waals surface area contributed by atoms with Gasteiger partial charge in [-0.1, -0.05) is 37.3 Å². The normalized spacial score (nSPS) is 22.1. The molecule has 1 aliphatic heterocycles. The molecule has 1 aliphatic rings. The van der Waals surface area contributed by atoms with Crippen LogP contribution in [0.1, 0.15) is 31.7 Å². The summed E-state index contributed by atoms with van der Waals surface area (Å²) in [5.41, 5.74) is -0.226. The van der Waals surface area contributed by atoms with E-state index in [9.17, 15) is 9.90 Å². The summed E-state index contributed by atoms with van der Waals surface area (Å²) in [4.78, 5) is 11.8. The van der Waals surface area contributed by atoms with E-state index in [1.54, 1.807) is 0 Å². The summed E-state index contributed by atoms with van der Waals surface area (Å²) in [5, 5.41) is 12.9. The number of aliphatic carboxylic acids is 1. The number of benzene rings is 1. The fourth-order valence-electron chi connectivity index (χ4n) is 2.60. The molecule has 0 spiro atoms. The number of nitrogens with one attached hydrogen (secondary N) is 1. The van der Waals surface area contributed by atoms with E-state index < -0.39 is 11.5 Å². The second-order valence-electron chi connectivity index (χ2n) is 4.95. The molecule has 1 saturated heterocycles. The van der Waals surface area contributed by atoms with Gasteiger partial charge in [0.05, 0.1) is 6.10 Å². The quantitative estimate of drug-likeness (QED) is 0.825. The fourth-order valence-corrected chi connectivity index (χ4v) is 2.60. The lowest BCUT2D eigenvalue weighted by atomic mass is 9.87. The molecule has 2 N–H and O–H groups in total. The van der Waals surface area contributed by atoms with Crippen LogP contribution in [0, 0.1) is 0 Å². The van der Waals surface area contributed by atoms with Crippen LogP contribution < -0.4 is 5.32 Å². The summed E-state index contributed by atoms with van der Waals surface area (Å²) in [6.07, 6.45) is 2.69. The van der Waals surface area contributed by atoms with E-state index in [0.717, 1.165) is 25.0 Å². The Morgan fingerprint density at radius 3 is 2.74 bits per heavy atom. The SMILES string of the molecule is CCC(NCC1CCCO1)(C(=O)O)c1ccccc1. The molecule has 0 bridgehead atoms. The van der Waals surface area contributed by atoms with Crippen molar-refractivity contribution in [1.29, 1.82) is 0 Å². The Balaban J connectivity index is 2.16. The Bertz CT molecular complexity index is 415. The van der Waals surface area contributed by atoms with E-state index >= 15 is 0 Å². The van der Waals surface area contributed by atoms with Crippen LogP contribution in [0.3, 0.4) is 0 Å². The molecule has 4 nitrogen and oxygen atoms in total. The maximum absolute atomic E-state index is 11.8. The molecule has 0 aliphatic carbocycles. The van der Waals surface area contributed by atoms with E-state index in [2.05, 4.69) is 5.32 Å². The van der Waals surface area contributed by atoms with E-state index in [0.29, 0.717) is 13.0 Å². The summed E-state index contributed by atoms with van der Waals surface area (Å²) in [7, 11) is 0. The summed E-state index contributed by atoms with van der Waals surface area (Å²) >= 11 is 0. The van der Waals surface area contributed by atoms with Crippen LogP contribution in [0.4, 0.5) is 0 Å².